The minimum Gasteiger partial charge on any atom is -0.300 e. The summed E-state index contributed by atoms with van der Waals surface area (Å²) in [5, 5.41) is 0. The van der Waals surface area contributed by atoms with Crippen molar-refractivity contribution in [1.29, 1.82) is 0 Å². The summed E-state index contributed by atoms with van der Waals surface area (Å²) in [7, 11) is 4.10. The topological polar surface area (TPSA) is 3.24 Å². The van der Waals surface area contributed by atoms with E-state index < -0.39 is 0 Å². The zero-order valence-electron chi connectivity index (χ0n) is 3.53. The summed E-state index contributed by atoms with van der Waals surface area (Å²) in [6.07, 6.45) is 0. The van der Waals surface area contributed by atoms with Gasteiger partial charge in [0.25, 0.3) is 0 Å². The van der Waals surface area contributed by atoms with E-state index in [1.165, 1.54) is 0 Å². The second-order valence-corrected chi connectivity index (χ2v) is 1.88. The molecule has 0 aliphatic heterocycles. The Morgan fingerprint density at radius 2 is 1.80 bits per heavy atom. The van der Waals surface area contributed by atoms with Crippen molar-refractivity contribution < 1.29 is 0 Å². The fraction of sp³-hybridized carbons (Fsp3) is 1.00. The first-order chi connectivity index (χ1) is 2.27. The van der Waals surface area contributed by atoms with Gasteiger partial charge in [-0.25, -0.2) is 0 Å². The highest BCUT2D eigenvalue weighted by Gasteiger charge is 1.73. The fourth-order valence-electron chi connectivity index (χ4n) is 0. The van der Waals surface area contributed by atoms with Crippen LogP contribution in [-0.2, 0) is 0 Å². The van der Waals surface area contributed by atoms with E-state index in [0.717, 1.165) is 4.55 Å². The standard InChI is InChI=1S/C3H8IN/c1-5(2)3-4/h3H2,1-2H3. The molecule has 0 amide bonds. The third kappa shape index (κ3) is 4.69. The molecule has 0 atom stereocenters. The molecule has 32 valence electrons. The molecule has 0 saturated carbocycles. The van der Waals surface area contributed by atoms with E-state index in [0.29, 0.717) is 0 Å². The summed E-state index contributed by atoms with van der Waals surface area (Å²) >= 11 is 2.30. The Labute approximate surface area is 46.5 Å². The smallest absolute Gasteiger partial charge is 0.0500 e. The van der Waals surface area contributed by atoms with Crippen LogP contribution in [0.3, 0.4) is 0 Å². The van der Waals surface area contributed by atoms with Gasteiger partial charge in [0.15, 0.2) is 0 Å². The molecule has 0 heterocycles. The van der Waals surface area contributed by atoms with Gasteiger partial charge in [-0.05, 0) is 14.1 Å². The Balaban J connectivity index is 2.54. The predicted octanol–water partition coefficient (Wildman–Crippen LogP) is 0.941. The molecule has 0 saturated heterocycles. The molecule has 0 fully saturated rings. The van der Waals surface area contributed by atoms with Crippen molar-refractivity contribution in [3.8, 4) is 0 Å². The lowest BCUT2D eigenvalue weighted by Gasteiger charge is -1.98. The van der Waals surface area contributed by atoms with Crippen LogP contribution in [0.2, 0.25) is 0 Å². The van der Waals surface area contributed by atoms with Crippen LogP contribution in [0.5, 0.6) is 0 Å². The molecule has 0 N–H and O–H groups in total. The van der Waals surface area contributed by atoms with E-state index >= 15 is 0 Å². The lowest BCUT2D eigenvalue weighted by molar-refractivity contribution is 0.496. The van der Waals surface area contributed by atoms with E-state index in [2.05, 4.69) is 27.5 Å². The summed E-state index contributed by atoms with van der Waals surface area (Å²) < 4.78 is 1.11. The van der Waals surface area contributed by atoms with Gasteiger partial charge in [-0.1, -0.05) is 22.6 Å². The van der Waals surface area contributed by atoms with Crippen molar-refractivity contribution in [2.75, 3.05) is 18.6 Å². The SMILES string of the molecule is CN(C)CI. The Morgan fingerprint density at radius 3 is 1.80 bits per heavy atom. The number of hydrogen-bond acceptors (Lipinski definition) is 1. The Bertz CT molecular complexity index is 20.9. The third-order valence-electron chi connectivity index (χ3n) is 0.239. The second kappa shape index (κ2) is 2.90. The van der Waals surface area contributed by atoms with Crippen molar-refractivity contribution in [3.05, 3.63) is 0 Å². The van der Waals surface area contributed by atoms with Crippen molar-refractivity contribution in [3.63, 3.8) is 0 Å². The molecule has 0 aromatic heterocycles. The zero-order chi connectivity index (χ0) is 4.28. The van der Waals surface area contributed by atoms with Gasteiger partial charge in [-0.15, -0.1) is 0 Å². The lowest BCUT2D eigenvalue weighted by Crippen LogP contribution is -2.06. The van der Waals surface area contributed by atoms with Crippen LogP contribution in [0.25, 0.3) is 0 Å². The number of alkyl halides is 1. The number of rotatable bonds is 1. The summed E-state index contributed by atoms with van der Waals surface area (Å²) in [6.45, 7) is 0. The molecule has 0 aliphatic rings. The molecule has 1 nitrogen and oxygen atoms in total. The highest BCUT2D eigenvalue weighted by molar-refractivity contribution is 14.1. The number of nitrogens with zero attached hydrogens (tertiary/aromatic N) is 1. The van der Waals surface area contributed by atoms with Crippen molar-refractivity contribution in [2.24, 2.45) is 0 Å². The average molecular weight is 185 g/mol. The molecule has 0 unspecified atom stereocenters. The average Bonchev–Trinajstić information content (AvgIpc) is 1.38. The van der Waals surface area contributed by atoms with Crippen molar-refractivity contribution >= 4 is 22.6 Å². The Kier molecular flexibility index (Phi) is 3.30. The summed E-state index contributed by atoms with van der Waals surface area (Å²) in [5.74, 6) is 0. The Morgan fingerprint density at radius 1 is 1.60 bits per heavy atom. The predicted molar refractivity (Wildman–Crippen MR) is 32.6 cm³/mol. The summed E-state index contributed by atoms with van der Waals surface area (Å²) in [6, 6.07) is 0. The highest BCUT2D eigenvalue weighted by Crippen LogP contribution is 1.80. The van der Waals surface area contributed by atoms with Gasteiger partial charge in [-0.3, -0.25) is 0 Å². The van der Waals surface area contributed by atoms with Crippen LogP contribution in [0.1, 0.15) is 0 Å². The molecular formula is C3H8IN. The van der Waals surface area contributed by atoms with Crippen LogP contribution in [0.15, 0.2) is 0 Å². The maximum absolute atomic E-state index is 2.30. The largest absolute Gasteiger partial charge is 0.300 e. The third-order valence-corrected chi connectivity index (χ3v) is 1.60. The molecule has 0 aromatic carbocycles. The van der Waals surface area contributed by atoms with Gasteiger partial charge in [0, 0.05) is 4.55 Å². The maximum atomic E-state index is 2.30. The van der Waals surface area contributed by atoms with E-state index in [9.17, 15) is 0 Å². The molecule has 0 bridgehead atoms. The quantitative estimate of drug-likeness (QED) is 0.334. The molecule has 0 rings (SSSR count). The first-order valence-electron chi connectivity index (χ1n) is 1.48. The van der Waals surface area contributed by atoms with E-state index in [-0.39, 0.29) is 0 Å². The van der Waals surface area contributed by atoms with Crippen LogP contribution in [0, 0.1) is 0 Å². The van der Waals surface area contributed by atoms with Crippen molar-refractivity contribution in [2.45, 2.75) is 0 Å². The van der Waals surface area contributed by atoms with Crippen LogP contribution in [-0.4, -0.2) is 23.5 Å². The van der Waals surface area contributed by atoms with Gasteiger partial charge in [-0.2, -0.15) is 0 Å². The molecule has 0 spiro atoms. The Hall–Kier alpha value is 0.690. The normalized spacial score (nSPS) is 9.60. The summed E-state index contributed by atoms with van der Waals surface area (Å²) in [5.41, 5.74) is 0. The molecule has 0 radical (unpaired) electrons. The fourth-order valence-corrected chi connectivity index (χ4v) is 0. The minimum atomic E-state index is 1.11. The maximum Gasteiger partial charge on any atom is 0.0500 e. The van der Waals surface area contributed by atoms with Gasteiger partial charge >= 0.3 is 0 Å². The molecule has 2 heteroatoms. The van der Waals surface area contributed by atoms with E-state index in [4.69, 9.17) is 0 Å². The first-order valence-corrected chi connectivity index (χ1v) is 3.00. The van der Waals surface area contributed by atoms with Crippen LogP contribution < -0.4 is 0 Å². The highest BCUT2D eigenvalue weighted by atomic mass is 127. The molecule has 5 heavy (non-hydrogen) atoms. The van der Waals surface area contributed by atoms with Gasteiger partial charge in [0.1, 0.15) is 0 Å². The molecule has 0 aliphatic carbocycles. The lowest BCUT2D eigenvalue weighted by atomic mass is 11.0. The second-order valence-electron chi connectivity index (χ2n) is 1.20. The van der Waals surface area contributed by atoms with Gasteiger partial charge in [0.05, 0.1) is 0 Å². The molecular weight excluding hydrogens is 177 g/mol. The van der Waals surface area contributed by atoms with Gasteiger partial charge < -0.3 is 4.90 Å². The number of halogens is 1. The monoisotopic (exact) mass is 185 g/mol. The van der Waals surface area contributed by atoms with E-state index in [1.807, 2.05) is 14.1 Å². The first kappa shape index (κ1) is 5.69. The van der Waals surface area contributed by atoms with Crippen LogP contribution >= 0.6 is 22.6 Å². The summed E-state index contributed by atoms with van der Waals surface area (Å²) in [4.78, 5) is 2.11. The van der Waals surface area contributed by atoms with Crippen molar-refractivity contribution in [1.82, 2.24) is 4.90 Å². The number of hydrogen-bond donors (Lipinski definition) is 0. The van der Waals surface area contributed by atoms with Gasteiger partial charge in [0.2, 0.25) is 0 Å². The molecule has 0 aromatic rings. The van der Waals surface area contributed by atoms with Crippen LogP contribution in [0.4, 0.5) is 0 Å². The van der Waals surface area contributed by atoms with E-state index in [1.54, 1.807) is 0 Å². The zero-order valence-corrected chi connectivity index (χ0v) is 5.69. The minimum absolute atomic E-state index is 1.11.